The molecule has 0 aromatic rings. The van der Waals surface area contributed by atoms with E-state index in [1.165, 1.54) is 0 Å². The summed E-state index contributed by atoms with van der Waals surface area (Å²) in [4.78, 5) is 4.29. The van der Waals surface area contributed by atoms with Crippen LogP contribution >= 0.6 is 0 Å². The first kappa shape index (κ1) is 16.7. The van der Waals surface area contributed by atoms with Crippen LogP contribution in [0.15, 0.2) is 0 Å². The van der Waals surface area contributed by atoms with Gasteiger partial charge in [-0.05, 0) is 13.8 Å². The van der Waals surface area contributed by atoms with E-state index in [9.17, 15) is 18.3 Å². The number of halogens is 3. The molecule has 0 aliphatic carbocycles. The minimum atomic E-state index is -4.25. The van der Waals surface area contributed by atoms with Gasteiger partial charge in [0, 0.05) is 38.8 Å². The highest BCUT2D eigenvalue weighted by molar-refractivity contribution is 4.79. The molecule has 0 unspecified atom stereocenters. The summed E-state index contributed by atoms with van der Waals surface area (Å²) >= 11 is 0. The van der Waals surface area contributed by atoms with Gasteiger partial charge in [0.25, 0.3) is 0 Å². The second-order valence-electron chi connectivity index (χ2n) is 5.16. The van der Waals surface area contributed by atoms with Crippen molar-refractivity contribution in [2.75, 3.05) is 45.9 Å². The lowest BCUT2D eigenvalue weighted by molar-refractivity contribution is -0.174. The van der Waals surface area contributed by atoms with Gasteiger partial charge in [0.15, 0.2) is 0 Å². The largest absolute Gasteiger partial charge is 0.411 e. The Bertz CT molecular complexity index is 262. The minimum absolute atomic E-state index is 0.0998. The average molecular weight is 284 g/mol. The number of aliphatic hydroxyl groups is 1. The molecule has 1 heterocycles. The summed E-state index contributed by atoms with van der Waals surface area (Å²) in [5.74, 6) is 0. The van der Waals surface area contributed by atoms with E-state index in [-0.39, 0.29) is 12.7 Å². The van der Waals surface area contributed by atoms with Crippen molar-refractivity contribution in [2.45, 2.75) is 32.2 Å². The van der Waals surface area contributed by atoms with Crippen LogP contribution in [0.25, 0.3) is 0 Å². The van der Waals surface area contributed by atoms with Crippen LogP contribution in [0.5, 0.6) is 0 Å². The van der Waals surface area contributed by atoms with E-state index in [1.807, 2.05) is 0 Å². The number of rotatable bonds is 6. The van der Waals surface area contributed by atoms with Gasteiger partial charge in [-0.15, -0.1) is 0 Å². The van der Waals surface area contributed by atoms with Crippen molar-refractivity contribution in [3.63, 3.8) is 0 Å². The Labute approximate surface area is 112 Å². The Balaban J connectivity index is 2.18. The van der Waals surface area contributed by atoms with Gasteiger partial charge in [-0.1, -0.05) is 0 Å². The first-order valence-corrected chi connectivity index (χ1v) is 6.57. The van der Waals surface area contributed by atoms with E-state index >= 15 is 0 Å². The lowest BCUT2D eigenvalue weighted by Crippen LogP contribution is -2.54. The van der Waals surface area contributed by atoms with Crippen molar-refractivity contribution >= 4 is 0 Å². The van der Waals surface area contributed by atoms with Gasteiger partial charge in [0.2, 0.25) is 0 Å². The number of piperazine rings is 1. The van der Waals surface area contributed by atoms with Crippen molar-refractivity contribution in [1.29, 1.82) is 0 Å². The number of nitrogens with zero attached hydrogens (tertiary/aromatic N) is 2. The molecule has 1 saturated heterocycles. The zero-order valence-corrected chi connectivity index (χ0v) is 11.5. The second kappa shape index (κ2) is 7.42. The predicted molar refractivity (Wildman–Crippen MR) is 66.0 cm³/mol. The monoisotopic (exact) mass is 284 g/mol. The fourth-order valence-corrected chi connectivity index (χ4v) is 2.27. The lowest BCUT2D eigenvalue weighted by atomic mass is 10.1. The highest BCUT2D eigenvalue weighted by atomic mass is 19.4. The SMILES string of the molecule is C[C@@H](O)CN1CCN(CCOCC(F)(F)F)C[C@@H]1C. The van der Waals surface area contributed by atoms with E-state index in [0.717, 1.165) is 19.6 Å². The number of alkyl halides is 3. The van der Waals surface area contributed by atoms with Crippen molar-refractivity contribution < 1.29 is 23.0 Å². The van der Waals surface area contributed by atoms with Gasteiger partial charge in [-0.2, -0.15) is 13.2 Å². The Morgan fingerprint density at radius 1 is 1.37 bits per heavy atom. The van der Waals surface area contributed by atoms with Gasteiger partial charge in [-0.25, -0.2) is 0 Å². The molecule has 1 N–H and O–H groups in total. The van der Waals surface area contributed by atoms with Gasteiger partial charge in [0.1, 0.15) is 6.61 Å². The highest BCUT2D eigenvalue weighted by Gasteiger charge is 2.28. The molecule has 1 rings (SSSR count). The zero-order valence-electron chi connectivity index (χ0n) is 11.5. The molecule has 0 amide bonds. The molecule has 1 fully saturated rings. The molecule has 2 atom stereocenters. The highest BCUT2D eigenvalue weighted by Crippen LogP contribution is 2.14. The number of hydrogen-bond donors (Lipinski definition) is 1. The Morgan fingerprint density at radius 2 is 2.05 bits per heavy atom. The van der Waals surface area contributed by atoms with Gasteiger partial charge < -0.3 is 9.84 Å². The standard InChI is InChI=1S/C12H23F3N2O2/c1-10-7-16(3-4-17(10)8-11(2)18)5-6-19-9-12(13,14)15/h10-11,18H,3-9H2,1-2H3/t10-,11+/m0/s1. The quantitative estimate of drug-likeness (QED) is 0.737. The molecule has 0 aromatic heterocycles. The topological polar surface area (TPSA) is 35.9 Å². The lowest BCUT2D eigenvalue weighted by Gasteiger charge is -2.40. The molecular weight excluding hydrogens is 261 g/mol. The second-order valence-corrected chi connectivity index (χ2v) is 5.16. The average Bonchev–Trinajstić information content (AvgIpc) is 2.26. The summed E-state index contributed by atoms with van der Waals surface area (Å²) in [5.41, 5.74) is 0. The molecule has 0 spiro atoms. The number of hydrogen-bond acceptors (Lipinski definition) is 4. The van der Waals surface area contributed by atoms with Crippen LogP contribution in [0, 0.1) is 0 Å². The Hall–Kier alpha value is -0.370. The van der Waals surface area contributed by atoms with Crippen molar-refractivity contribution in [2.24, 2.45) is 0 Å². The van der Waals surface area contributed by atoms with Crippen LogP contribution in [-0.4, -0.2) is 79.2 Å². The summed E-state index contributed by atoms with van der Waals surface area (Å²) in [6.45, 7) is 6.31. The van der Waals surface area contributed by atoms with E-state index in [1.54, 1.807) is 6.92 Å². The number of β-amino-alcohol motifs (C(OH)–C–C–N with tert-alkyl or cyclic N) is 1. The van der Waals surface area contributed by atoms with Crippen LogP contribution in [0.2, 0.25) is 0 Å². The molecular formula is C12H23F3N2O2. The molecule has 19 heavy (non-hydrogen) atoms. The molecule has 0 aromatic carbocycles. The number of ether oxygens (including phenoxy) is 1. The van der Waals surface area contributed by atoms with Gasteiger partial charge >= 0.3 is 6.18 Å². The third kappa shape index (κ3) is 7.10. The summed E-state index contributed by atoms with van der Waals surface area (Å²) in [6.07, 6.45) is -4.60. The first-order chi connectivity index (χ1) is 8.78. The Morgan fingerprint density at radius 3 is 2.58 bits per heavy atom. The van der Waals surface area contributed by atoms with E-state index in [0.29, 0.717) is 19.1 Å². The third-order valence-corrected chi connectivity index (χ3v) is 3.17. The molecule has 7 heteroatoms. The maximum absolute atomic E-state index is 11.9. The summed E-state index contributed by atoms with van der Waals surface area (Å²) < 4.78 is 40.3. The maximum Gasteiger partial charge on any atom is 0.411 e. The summed E-state index contributed by atoms with van der Waals surface area (Å²) in [5, 5.41) is 9.36. The van der Waals surface area contributed by atoms with Crippen LogP contribution in [-0.2, 0) is 4.74 Å². The zero-order chi connectivity index (χ0) is 14.5. The molecule has 0 bridgehead atoms. The van der Waals surface area contributed by atoms with Crippen LogP contribution in [0.1, 0.15) is 13.8 Å². The first-order valence-electron chi connectivity index (χ1n) is 6.57. The van der Waals surface area contributed by atoms with E-state index in [4.69, 9.17) is 0 Å². The third-order valence-electron chi connectivity index (χ3n) is 3.17. The van der Waals surface area contributed by atoms with Crippen LogP contribution in [0.3, 0.4) is 0 Å². The normalized spacial score (nSPS) is 24.6. The predicted octanol–water partition coefficient (Wildman–Crippen LogP) is 0.952. The van der Waals surface area contributed by atoms with Crippen molar-refractivity contribution in [1.82, 2.24) is 9.80 Å². The molecule has 4 nitrogen and oxygen atoms in total. The molecule has 114 valence electrons. The van der Waals surface area contributed by atoms with Crippen LogP contribution < -0.4 is 0 Å². The molecule has 1 aliphatic heterocycles. The van der Waals surface area contributed by atoms with Crippen molar-refractivity contribution in [3.05, 3.63) is 0 Å². The molecule has 1 aliphatic rings. The summed E-state index contributed by atoms with van der Waals surface area (Å²) in [7, 11) is 0. The maximum atomic E-state index is 11.9. The van der Waals surface area contributed by atoms with E-state index < -0.39 is 12.8 Å². The van der Waals surface area contributed by atoms with Gasteiger partial charge in [0.05, 0.1) is 12.7 Å². The van der Waals surface area contributed by atoms with Crippen LogP contribution in [0.4, 0.5) is 13.2 Å². The minimum Gasteiger partial charge on any atom is -0.392 e. The molecule has 0 saturated carbocycles. The Kier molecular flexibility index (Phi) is 6.52. The smallest absolute Gasteiger partial charge is 0.392 e. The fraction of sp³-hybridized carbons (Fsp3) is 1.00. The fourth-order valence-electron chi connectivity index (χ4n) is 2.27. The molecule has 0 radical (unpaired) electrons. The summed E-state index contributed by atoms with van der Waals surface area (Å²) in [6, 6.07) is 0.297. The van der Waals surface area contributed by atoms with E-state index in [2.05, 4.69) is 21.5 Å². The number of aliphatic hydroxyl groups excluding tert-OH is 1. The van der Waals surface area contributed by atoms with Gasteiger partial charge in [-0.3, -0.25) is 9.80 Å². The van der Waals surface area contributed by atoms with Crippen molar-refractivity contribution in [3.8, 4) is 0 Å².